The summed E-state index contributed by atoms with van der Waals surface area (Å²) in [6.45, 7) is 0.590. The first kappa shape index (κ1) is 17.9. The van der Waals surface area contributed by atoms with Crippen LogP contribution < -0.4 is 16.0 Å². The molecule has 0 aromatic heterocycles. The molecule has 1 saturated heterocycles. The molecule has 0 bridgehead atoms. The zero-order valence-corrected chi connectivity index (χ0v) is 15.3. The lowest BCUT2D eigenvalue weighted by Gasteiger charge is -2.18. The molecule has 25 heavy (non-hydrogen) atoms. The Bertz CT molecular complexity index is 847. The second-order valence-electron chi connectivity index (χ2n) is 5.62. The number of anilines is 3. The van der Waals surface area contributed by atoms with Crippen molar-refractivity contribution in [3.05, 3.63) is 51.0 Å². The Morgan fingerprint density at radius 3 is 2.36 bits per heavy atom. The Morgan fingerprint density at radius 1 is 1.08 bits per heavy atom. The summed E-state index contributed by atoms with van der Waals surface area (Å²) in [6.07, 6.45) is 1.25. The molecule has 1 heterocycles. The predicted molar refractivity (Wildman–Crippen MR) is 102 cm³/mol. The van der Waals surface area contributed by atoms with Crippen LogP contribution in [0.3, 0.4) is 0 Å². The number of nitrogens with one attached hydrogen (secondary N) is 1. The molecular formula is C17H14Cl3N3O2. The molecule has 1 aliphatic rings. The van der Waals surface area contributed by atoms with Gasteiger partial charge in [0.15, 0.2) is 0 Å². The summed E-state index contributed by atoms with van der Waals surface area (Å²) in [5.41, 5.74) is 7.25. The lowest BCUT2D eigenvalue weighted by atomic mass is 10.1. The summed E-state index contributed by atoms with van der Waals surface area (Å²) in [7, 11) is 0. The lowest BCUT2D eigenvalue weighted by Crippen LogP contribution is -2.24. The van der Waals surface area contributed by atoms with Crippen LogP contribution in [-0.2, 0) is 4.79 Å². The highest BCUT2D eigenvalue weighted by atomic mass is 35.5. The molecule has 0 radical (unpaired) electrons. The minimum atomic E-state index is -0.374. The molecule has 0 saturated carbocycles. The van der Waals surface area contributed by atoms with E-state index in [1.54, 1.807) is 23.1 Å². The molecule has 0 unspecified atom stereocenters. The second kappa shape index (κ2) is 7.12. The van der Waals surface area contributed by atoms with Crippen LogP contribution in [0.15, 0.2) is 30.3 Å². The molecule has 3 rings (SSSR count). The third kappa shape index (κ3) is 3.68. The van der Waals surface area contributed by atoms with Gasteiger partial charge in [0, 0.05) is 24.2 Å². The third-order valence-electron chi connectivity index (χ3n) is 3.91. The van der Waals surface area contributed by atoms with Crippen molar-refractivity contribution in [1.29, 1.82) is 0 Å². The molecule has 130 valence electrons. The maximum atomic E-state index is 12.5. The monoisotopic (exact) mass is 397 g/mol. The van der Waals surface area contributed by atoms with Crippen molar-refractivity contribution in [2.75, 3.05) is 22.5 Å². The van der Waals surface area contributed by atoms with E-state index >= 15 is 0 Å². The van der Waals surface area contributed by atoms with Crippen LogP contribution >= 0.6 is 34.8 Å². The topological polar surface area (TPSA) is 75.4 Å². The molecule has 2 aromatic carbocycles. The van der Waals surface area contributed by atoms with Gasteiger partial charge < -0.3 is 16.0 Å². The Morgan fingerprint density at radius 2 is 1.76 bits per heavy atom. The van der Waals surface area contributed by atoms with Crippen molar-refractivity contribution in [2.45, 2.75) is 12.8 Å². The number of carbonyl (C=O) groups excluding carboxylic acids is 2. The van der Waals surface area contributed by atoms with Crippen LogP contribution in [0.4, 0.5) is 17.1 Å². The fourth-order valence-corrected chi connectivity index (χ4v) is 3.33. The highest BCUT2D eigenvalue weighted by Crippen LogP contribution is 2.33. The molecule has 0 spiro atoms. The van der Waals surface area contributed by atoms with Crippen LogP contribution in [0.2, 0.25) is 15.1 Å². The average molecular weight is 399 g/mol. The quantitative estimate of drug-likeness (QED) is 0.741. The summed E-state index contributed by atoms with van der Waals surface area (Å²) in [5, 5.41) is 3.63. The summed E-state index contributed by atoms with van der Waals surface area (Å²) >= 11 is 18.1. The maximum absolute atomic E-state index is 12.5. The Hall–Kier alpha value is -1.95. The molecule has 3 N–H and O–H groups in total. The molecule has 1 fully saturated rings. The maximum Gasteiger partial charge on any atom is 0.255 e. The zero-order chi connectivity index (χ0) is 18.1. The average Bonchev–Trinajstić information content (AvgIpc) is 2.98. The van der Waals surface area contributed by atoms with Gasteiger partial charge in [0.05, 0.1) is 26.4 Å². The van der Waals surface area contributed by atoms with E-state index < -0.39 is 0 Å². The number of benzene rings is 2. The second-order valence-corrected chi connectivity index (χ2v) is 6.84. The molecule has 0 atom stereocenters. The number of amides is 2. The molecule has 2 aromatic rings. The number of nitrogen functional groups attached to an aromatic ring is 1. The van der Waals surface area contributed by atoms with Gasteiger partial charge in [-0.2, -0.15) is 0 Å². The first-order valence-electron chi connectivity index (χ1n) is 7.52. The number of hydrogen-bond donors (Lipinski definition) is 2. The van der Waals surface area contributed by atoms with Crippen LogP contribution in [0.5, 0.6) is 0 Å². The SMILES string of the molecule is Nc1c(Cl)cc(NC(=O)c2ccc(Cl)c(N3CCCC3=O)c2)cc1Cl. The van der Waals surface area contributed by atoms with Gasteiger partial charge in [-0.1, -0.05) is 34.8 Å². The van der Waals surface area contributed by atoms with E-state index in [4.69, 9.17) is 40.5 Å². The zero-order valence-electron chi connectivity index (χ0n) is 13.0. The van der Waals surface area contributed by atoms with Gasteiger partial charge >= 0.3 is 0 Å². The molecular weight excluding hydrogens is 385 g/mol. The van der Waals surface area contributed by atoms with Gasteiger partial charge in [0.2, 0.25) is 5.91 Å². The number of nitrogens with two attached hydrogens (primary N) is 1. The standard InChI is InChI=1S/C17H14Cl3N3O2/c18-11-4-3-9(6-14(11)23-5-1-2-15(23)24)17(25)22-10-7-12(19)16(21)13(20)8-10/h3-4,6-8H,1-2,5,21H2,(H,22,25). The lowest BCUT2D eigenvalue weighted by molar-refractivity contribution is -0.117. The van der Waals surface area contributed by atoms with Crippen LogP contribution in [0, 0.1) is 0 Å². The van der Waals surface area contributed by atoms with E-state index in [1.165, 1.54) is 12.1 Å². The van der Waals surface area contributed by atoms with Crippen molar-refractivity contribution in [3.8, 4) is 0 Å². The van der Waals surface area contributed by atoms with Crippen molar-refractivity contribution >= 4 is 63.7 Å². The van der Waals surface area contributed by atoms with Crippen LogP contribution in [0.25, 0.3) is 0 Å². The predicted octanol–water partition coefficient (Wildman–Crippen LogP) is 4.61. The molecule has 1 aliphatic heterocycles. The van der Waals surface area contributed by atoms with E-state index in [1.807, 2.05) is 0 Å². The van der Waals surface area contributed by atoms with Crippen molar-refractivity contribution in [2.24, 2.45) is 0 Å². The van der Waals surface area contributed by atoms with Crippen molar-refractivity contribution < 1.29 is 9.59 Å². The fraction of sp³-hybridized carbons (Fsp3) is 0.176. The van der Waals surface area contributed by atoms with E-state index in [2.05, 4.69) is 5.32 Å². The van der Waals surface area contributed by atoms with Gasteiger partial charge in [-0.3, -0.25) is 9.59 Å². The van der Waals surface area contributed by atoms with Crippen LogP contribution in [0.1, 0.15) is 23.2 Å². The first-order valence-corrected chi connectivity index (χ1v) is 8.66. The minimum Gasteiger partial charge on any atom is -0.396 e. The summed E-state index contributed by atoms with van der Waals surface area (Å²) < 4.78 is 0. The number of nitrogens with zero attached hydrogens (tertiary/aromatic N) is 1. The highest BCUT2D eigenvalue weighted by Gasteiger charge is 2.24. The van der Waals surface area contributed by atoms with E-state index in [0.717, 1.165) is 6.42 Å². The highest BCUT2D eigenvalue weighted by molar-refractivity contribution is 6.39. The van der Waals surface area contributed by atoms with Gasteiger partial charge in [-0.25, -0.2) is 0 Å². The first-order chi connectivity index (χ1) is 11.9. The number of carbonyl (C=O) groups is 2. The molecule has 5 nitrogen and oxygen atoms in total. The molecule has 0 aliphatic carbocycles. The summed E-state index contributed by atoms with van der Waals surface area (Å²) in [5.74, 6) is -0.377. The van der Waals surface area contributed by atoms with Gasteiger partial charge in [0.25, 0.3) is 5.91 Å². The van der Waals surface area contributed by atoms with E-state index in [-0.39, 0.29) is 27.5 Å². The number of hydrogen-bond acceptors (Lipinski definition) is 3. The van der Waals surface area contributed by atoms with Gasteiger partial charge in [-0.15, -0.1) is 0 Å². The normalized spacial score (nSPS) is 14.0. The Kier molecular flexibility index (Phi) is 5.08. The van der Waals surface area contributed by atoms with E-state index in [9.17, 15) is 9.59 Å². The summed E-state index contributed by atoms with van der Waals surface area (Å²) in [6, 6.07) is 7.81. The number of halogens is 3. The molecule has 2 amide bonds. The Labute approximate surface area is 159 Å². The summed E-state index contributed by atoms with van der Waals surface area (Å²) in [4.78, 5) is 26.0. The Balaban J connectivity index is 1.86. The van der Waals surface area contributed by atoms with Crippen LogP contribution in [-0.4, -0.2) is 18.4 Å². The number of rotatable bonds is 3. The fourth-order valence-electron chi connectivity index (χ4n) is 2.62. The van der Waals surface area contributed by atoms with Crippen molar-refractivity contribution in [1.82, 2.24) is 0 Å². The van der Waals surface area contributed by atoms with Crippen molar-refractivity contribution in [3.63, 3.8) is 0 Å². The van der Waals surface area contributed by atoms with Gasteiger partial charge in [-0.05, 0) is 36.8 Å². The third-order valence-corrected chi connectivity index (χ3v) is 4.85. The minimum absolute atomic E-state index is 0.00319. The largest absolute Gasteiger partial charge is 0.396 e. The smallest absolute Gasteiger partial charge is 0.255 e. The molecule has 8 heteroatoms. The van der Waals surface area contributed by atoms with E-state index in [0.29, 0.717) is 34.9 Å². The van der Waals surface area contributed by atoms with Gasteiger partial charge in [0.1, 0.15) is 0 Å².